The van der Waals surface area contributed by atoms with Crippen LogP contribution in [0, 0.1) is 12.8 Å². The van der Waals surface area contributed by atoms with Crippen LogP contribution in [0.15, 0.2) is 12.3 Å². The maximum atomic E-state index is 4.43. The quantitative estimate of drug-likeness (QED) is 0.661. The van der Waals surface area contributed by atoms with Crippen molar-refractivity contribution in [2.24, 2.45) is 5.92 Å². The van der Waals surface area contributed by atoms with Crippen molar-refractivity contribution in [2.75, 3.05) is 0 Å². The number of pyridine rings is 1. The van der Waals surface area contributed by atoms with Gasteiger partial charge in [0.05, 0.1) is 0 Å². The third-order valence-corrected chi connectivity index (χ3v) is 3.93. The van der Waals surface area contributed by atoms with Gasteiger partial charge >= 0.3 is 0 Å². The van der Waals surface area contributed by atoms with Crippen molar-refractivity contribution in [1.82, 2.24) is 4.98 Å². The molecule has 14 heavy (non-hydrogen) atoms. The summed E-state index contributed by atoms with van der Waals surface area (Å²) in [5.41, 5.74) is 4.51. The van der Waals surface area contributed by atoms with Gasteiger partial charge in [0.15, 0.2) is 0 Å². The molecule has 0 saturated heterocycles. The Labute approximate surface area is 86.6 Å². The predicted octanol–water partition coefficient (Wildman–Crippen LogP) is 3.25. The summed E-state index contributed by atoms with van der Waals surface area (Å²) in [7, 11) is 0. The average molecular weight is 189 g/mol. The van der Waals surface area contributed by atoms with Crippen molar-refractivity contribution in [3.8, 4) is 0 Å². The second-order valence-corrected chi connectivity index (χ2v) is 5.05. The van der Waals surface area contributed by atoms with E-state index in [1.54, 1.807) is 0 Å². The van der Waals surface area contributed by atoms with E-state index in [1.165, 1.54) is 24.0 Å². The van der Waals surface area contributed by atoms with Crippen LogP contribution in [-0.2, 0) is 11.8 Å². The minimum absolute atomic E-state index is 0.357. The van der Waals surface area contributed by atoms with Crippen LogP contribution in [0.3, 0.4) is 0 Å². The Bertz CT molecular complexity index is 354. The van der Waals surface area contributed by atoms with Crippen LogP contribution >= 0.6 is 0 Å². The fourth-order valence-corrected chi connectivity index (χ4v) is 2.47. The zero-order valence-electron chi connectivity index (χ0n) is 9.59. The van der Waals surface area contributed by atoms with E-state index >= 15 is 0 Å². The van der Waals surface area contributed by atoms with E-state index in [9.17, 15) is 0 Å². The Morgan fingerprint density at radius 2 is 2.14 bits per heavy atom. The van der Waals surface area contributed by atoms with Crippen molar-refractivity contribution in [2.45, 2.75) is 46.0 Å². The van der Waals surface area contributed by atoms with Crippen LogP contribution in [0.25, 0.3) is 0 Å². The van der Waals surface area contributed by atoms with Crippen molar-refractivity contribution in [3.05, 3.63) is 29.1 Å². The van der Waals surface area contributed by atoms with Crippen LogP contribution in [0.5, 0.6) is 0 Å². The molecule has 1 unspecified atom stereocenters. The van der Waals surface area contributed by atoms with Gasteiger partial charge < -0.3 is 0 Å². The van der Waals surface area contributed by atoms with Gasteiger partial charge in [0.2, 0.25) is 0 Å². The highest BCUT2D eigenvalue weighted by Crippen LogP contribution is 2.43. The number of hydrogen-bond donors (Lipinski definition) is 0. The van der Waals surface area contributed by atoms with Crippen molar-refractivity contribution in [3.63, 3.8) is 0 Å². The summed E-state index contributed by atoms with van der Waals surface area (Å²) in [5, 5.41) is 0. The standard InChI is InChI=1S/C13H19N/c1-9(2)13(4)6-5-11-7-10(3)14-8-12(11)13/h7-9H,5-6H2,1-4H3. The zero-order chi connectivity index (χ0) is 10.3. The molecule has 0 saturated carbocycles. The van der Waals surface area contributed by atoms with Crippen LogP contribution in [0.4, 0.5) is 0 Å². The van der Waals surface area contributed by atoms with E-state index in [0.717, 1.165) is 5.69 Å². The highest BCUT2D eigenvalue weighted by atomic mass is 14.7. The Balaban J connectivity index is 2.49. The largest absolute Gasteiger partial charge is 0.261 e. The normalized spacial score (nSPS) is 25.5. The molecular weight excluding hydrogens is 170 g/mol. The minimum atomic E-state index is 0.357. The lowest BCUT2D eigenvalue weighted by molar-refractivity contribution is 0.336. The third kappa shape index (κ3) is 1.26. The van der Waals surface area contributed by atoms with Gasteiger partial charge in [-0.15, -0.1) is 0 Å². The SMILES string of the molecule is Cc1cc2c(cn1)C(C)(C(C)C)CC2. The Hall–Kier alpha value is -0.850. The third-order valence-electron chi connectivity index (χ3n) is 3.93. The van der Waals surface area contributed by atoms with E-state index in [1.807, 2.05) is 0 Å². The summed E-state index contributed by atoms with van der Waals surface area (Å²) in [6, 6.07) is 2.25. The molecule has 0 radical (unpaired) electrons. The highest BCUT2D eigenvalue weighted by molar-refractivity contribution is 5.38. The van der Waals surface area contributed by atoms with Gasteiger partial charge in [0.25, 0.3) is 0 Å². The molecule has 0 bridgehead atoms. The van der Waals surface area contributed by atoms with Crippen molar-refractivity contribution in [1.29, 1.82) is 0 Å². The van der Waals surface area contributed by atoms with E-state index in [2.05, 4.69) is 44.9 Å². The van der Waals surface area contributed by atoms with Crippen LogP contribution in [-0.4, -0.2) is 4.98 Å². The van der Waals surface area contributed by atoms with Crippen LogP contribution in [0.1, 0.15) is 44.0 Å². The number of rotatable bonds is 1. The highest BCUT2D eigenvalue weighted by Gasteiger charge is 2.37. The Morgan fingerprint density at radius 1 is 1.43 bits per heavy atom. The lowest BCUT2D eigenvalue weighted by atomic mass is 9.75. The molecule has 1 aromatic heterocycles. The molecule has 2 rings (SSSR count). The molecular formula is C13H19N. The molecule has 0 aliphatic heterocycles. The maximum Gasteiger partial charge on any atom is 0.0375 e. The van der Waals surface area contributed by atoms with Crippen molar-refractivity contribution < 1.29 is 0 Å². The molecule has 0 fully saturated rings. The smallest absolute Gasteiger partial charge is 0.0375 e. The predicted molar refractivity (Wildman–Crippen MR) is 59.5 cm³/mol. The van der Waals surface area contributed by atoms with Gasteiger partial charge in [0, 0.05) is 11.9 Å². The number of fused-ring (bicyclic) bond motifs is 1. The second kappa shape index (κ2) is 3.08. The molecule has 1 aliphatic rings. The fraction of sp³-hybridized carbons (Fsp3) is 0.615. The minimum Gasteiger partial charge on any atom is -0.261 e. The first-order valence-electron chi connectivity index (χ1n) is 5.50. The van der Waals surface area contributed by atoms with Gasteiger partial charge in [-0.25, -0.2) is 0 Å². The fourth-order valence-electron chi connectivity index (χ4n) is 2.47. The summed E-state index contributed by atoms with van der Waals surface area (Å²) in [6.45, 7) is 9.08. The van der Waals surface area contributed by atoms with Crippen LogP contribution in [0.2, 0.25) is 0 Å². The summed E-state index contributed by atoms with van der Waals surface area (Å²) in [5.74, 6) is 0.702. The Kier molecular flexibility index (Phi) is 2.13. The molecule has 1 heterocycles. The lowest BCUT2D eigenvalue weighted by Gasteiger charge is -2.29. The van der Waals surface area contributed by atoms with E-state index in [0.29, 0.717) is 11.3 Å². The van der Waals surface area contributed by atoms with E-state index in [-0.39, 0.29) is 0 Å². The van der Waals surface area contributed by atoms with E-state index < -0.39 is 0 Å². The molecule has 1 atom stereocenters. The summed E-state index contributed by atoms with van der Waals surface area (Å²) >= 11 is 0. The molecule has 1 aliphatic carbocycles. The molecule has 76 valence electrons. The topological polar surface area (TPSA) is 12.9 Å². The maximum absolute atomic E-state index is 4.43. The molecule has 0 spiro atoms. The first kappa shape index (κ1) is 9.70. The van der Waals surface area contributed by atoms with Gasteiger partial charge in [-0.3, -0.25) is 4.98 Å². The number of nitrogens with zero attached hydrogens (tertiary/aromatic N) is 1. The molecule has 0 aromatic carbocycles. The van der Waals surface area contributed by atoms with Gasteiger partial charge in [0.1, 0.15) is 0 Å². The van der Waals surface area contributed by atoms with Gasteiger partial charge in [-0.05, 0) is 48.3 Å². The van der Waals surface area contributed by atoms with Crippen LogP contribution < -0.4 is 0 Å². The Morgan fingerprint density at radius 3 is 2.79 bits per heavy atom. The van der Waals surface area contributed by atoms with E-state index in [4.69, 9.17) is 0 Å². The summed E-state index contributed by atoms with van der Waals surface area (Å²) in [4.78, 5) is 4.43. The molecule has 0 amide bonds. The van der Waals surface area contributed by atoms with Gasteiger partial charge in [-0.2, -0.15) is 0 Å². The number of aryl methyl sites for hydroxylation is 2. The first-order chi connectivity index (χ1) is 6.54. The zero-order valence-corrected chi connectivity index (χ0v) is 9.59. The monoisotopic (exact) mass is 189 g/mol. The number of hydrogen-bond acceptors (Lipinski definition) is 1. The molecule has 1 nitrogen and oxygen atoms in total. The van der Waals surface area contributed by atoms with Gasteiger partial charge in [-0.1, -0.05) is 20.8 Å². The number of aromatic nitrogens is 1. The second-order valence-electron chi connectivity index (χ2n) is 5.05. The molecule has 1 aromatic rings. The first-order valence-corrected chi connectivity index (χ1v) is 5.50. The van der Waals surface area contributed by atoms with Crippen molar-refractivity contribution >= 4 is 0 Å². The lowest BCUT2D eigenvalue weighted by Crippen LogP contribution is -2.25. The average Bonchev–Trinajstić information content (AvgIpc) is 2.45. The summed E-state index contributed by atoms with van der Waals surface area (Å²) in [6.07, 6.45) is 4.61. The molecule has 0 N–H and O–H groups in total. The molecule has 1 heteroatoms. The summed E-state index contributed by atoms with van der Waals surface area (Å²) < 4.78 is 0.